The third-order valence-electron chi connectivity index (χ3n) is 5.99. The molecule has 33 heavy (non-hydrogen) atoms. The second-order valence-corrected chi connectivity index (χ2v) is 8.14. The summed E-state index contributed by atoms with van der Waals surface area (Å²) >= 11 is 0. The number of carbonyl (C=O) groups is 1. The SMILES string of the molecule is COc1ccc2[nH]cc(C3CCN(CC(=O)NCc4ccccc4OC(F)(F)F)CC3)c2c1. The van der Waals surface area contributed by atoms with Crippen molar-refractivity contribution in [3.63, 3.8) is 0 Å². The highest BCUT2D eigenvalue weighted by molar-refractivity contribution is 5.85. The quantitative estimate of drug-likeness (QED) is 0.541. The lowest BCUT2D eigenvalue weighted by Gasteiger charge is -2.31. The molecule has 2 heterocycles. The van der Waals surface area contributed by atoms with E-state index in [-0.39, 0.29) is 30.3 Å². The first-order valence-corrected chi connectivity index (χ1v) is 10.8. The van der Waals surface area contributed by atoms with E-state index in [1.165, 1.54) is 23.8 Å². The zero-order valence-electron chi connectivity index (χ0n) is 18.2. The fourth-order valence-corrected chi connectivity index (χ4v) is 4.32. The highest BCUT2D eigenvalue weighted by atomic mass is 19.4. The maximum Gasteiger partial charge on any atom is 0.573 e. The lowest BCUT2D eigenvalue weighted by molar-refractivity contribution is -0.274. The van der Waals surface area contributed by atoms with E-state index in [0.717, 1.165) is 42.6 Å². The van der Waals surface area contributed by atoms with E-state index in [4.69, 9.17) is 4.74 Å². The number of nitrogens with zero attached hydrogens (tertiary/aromatic N) is 1. The number of rotatable bonds is 7. The number of aromatic nitrogens is 1. The Morgan fingerprint density at radius 3 is 2.67 bits per heavy atom. The number of likely N-dealkylation sites (tertiary alicyclic amines) is 1. The first-order chi connectivity index (χ1) is 15.8. The molecule has 0 atom stereocenters. The minimum Gasteiger partial charge on any atom is -0.497 e. The Morgan fingerprint density at radius 2 is 1.94 bits per heavy atom. The van der Waals surface area contributed by atoms with Crippen LogP contribution in [0.5, 0.6) is 11.5 Å². The summed E-state index contributed by atoms with van der Waals surface area (Å²) in [5.74, 6) is 0.671. The van der Waals surface area contributed by atoms with Crippen molar-refractivity contribution >= 4 is 16.8 Å². The van der Waals surface area contributed by atoms with Crippen LogP contribution in [0, 0.1) is 0 Å². The molecular formula is C24H26F3N3O3. The number of benzene rings is 2. The standard InChI is InChI=1S/C24H26F3N3O3/c1-32-18-6-7-21-19(12-18)20(14-28-21)16-8-10-30(11-9-16)15-23(31)29-13-17-4-2-3-5-22(17)33-24(25,26)27/h2-7,12,14,16,28H,8-11,13,15H2,1H3,(H,29,31). The number of piperidine rings is 1. The van der Waals surface area contributed by atoms with Crippen LogP contribution in [0.3, 0.4) is 0 Å². The number of carbonyl (C=O) groups excluding carboxylic acids is 1. The Morgan fingerprint density at radius 1 is 1.18 bits per heavy atom. The molecular weight excluding hydrogens is 435 g/mol. The minimum atomic E-state index is -4.78. The molecule has 0 bridgehead atoms. The number of hydrogen-bond acceptors (Lipinski definition) is 4. The summed E-state index contributed by atoms with van der Waals surface area (Å²) < 4.78 is 47.1. The van der Waals surface area contributed by atoms with Gasteiger partial charge < -0.3 is 19.8 Å². The molecule has 0 radical (unpaired) electrons. The van der Waals surface area contributed by atoms with Crippen molar-refractivity contribution < 1.29 is 27.4 Å². The van der Waals surface area contributed by atoms with Gasteiger partial charge >= 0.3 is 6.36 Å². The minimum absolute atomic E-state index is 0.0290. The summed E-state index contributed by atoms with van der Waals surface area (Å²) in [5.41, 5.74) is 2.60. The van der Waals surface area contributed by atoms with Crippen LogP contribution in [0.25, 0.3) is 10.9 Å². The van der Waals surface area contributed by atoms with Gasteiger partial charge in [0.1, 0.15) is 11.5 Å². The number of methoxy groups -OCH3 is 1. The van der Waals surface area contributed by atoms with Gasteiger partial charge in [-0.25, -0.2) is 0 Å². The molecule has 4 rings (SSSR count). The van der Waals surface area contributed by atoms with E-state index in [1.807, 2.05) is 18.2 Å². The molecule has 2 aromatic carbocycles. The average molecular weight is 461 g/mol. The molecule has 1 amide bonds. The zero-order chi connectivity index (χ0) is 23.4. The number of aromatic amines is 1. The van der Waals surface area contributed by atoms with Crippen LogP contribution >= 0.6 is 0 Å². The van der Waals surface area contributed by atoms with Gasteiger partial charge in [0.2, 0.25) is 5.91 Å². The predicted molar refractivity (Wildman–Crippen MR) is 118 cm³/mol. The Kier molecular flexibility index (Phi) is 6.78. The van der Waals surface area contributed by atoms with E-state index in [9.17, 15) is 18.0 Å². The van der Waals surface area contributed by atoms with Crippen molar-refractivity contribution in [2.45, 2.75) is 31.7 Å². The van der Waals surface area contributed by atoms with Crippen LogP contribution in [0.4, 0.5) is 13.2 Å². The molecule has 6 nitrogen and oxygen atoms in total. The number of H-pyrrole nitrogens is 1. The van der Waals surface area contributed by atoms with E-state index in [1.54, 1.807) is 13.2 Å². The lowest BCUT2D eigenvalue weighted by atomic mass is 9.89. The maximum atomic E-state index is 12.6. The van der Waals surface area contributed by atoms with Crippen LogP contribution in [0.2, 0.25) is 0 Å². The number of nitrogens with one attached hydrogen (secondary N) is 2. The van der Waals surface area contributed by atoms with E-state index in [0.29, 0.717) is 5.92 Å². The Hall–Kier alpha value is -3.20. The number of fused-ring (bicyclic) bond motifs is 1. The van der Waals surface area contributed by atoms with Gasteiger partial charge in [0, 0.05) is 29.2 Å². The molecule has 1 aliphatic rings. The molecule has 1 aromatic heterocycles. The maximum absolute atomic E-state index is 12.6. The average Bonchev–Trinajstić information content (AvgIpc) is 3.21. The fourth-order valence-electron chi connectivity index (χ4n) is 4.32. The Bertz CT molecular complexity index is 1110. The first kappa shape index (κ1) is 23.0. The van der Waals surface area contributed by atoms with Crippen molar-refractivity contribution in [1.82, 2.24) is 15.2 Å². The summed E-state index contributed by atoms with van der Waals surface area (Å²) in [5, 5.41) is 3.86. The van der Waals surface area contributed by atoms with Crippen molar-refractivity contribution in [3.8, 4) is 11.5 Å². The highest BCUT2D eigenvalue weighted by Gasteiger charge is 2.32. The molecule has 9 heteroatoms. The van der Waals surface area contributed by atoms with Crippen LogP contribution in [0.15, 0.2) is 48.7 Å². The lowest BCUT2D eigenvalue weighted by Crippen LogP contribution is -2.41. The second kappa shape index (κ2) is 9.74. The second-order valence-electron chi connectivity index (χ2n) is 8.14. The van der Waals surface area contributed by atoms with Crippen LogP contribution in [0.1, 0.15) is 29.9 Å². The van der Waals surface area contributed by atoms with Gasteiger partial charge in [-0.2, -0.15) is 0 Å². The van der Waals surface area contributed by atoms with Gasteiger partial charge in [-0.05, 0) is 61.7 Å². The van der Waals surface area contributed by atoms with E-state index >= 15 is 0 Å². The van der Waals surface area contributed by atoms with Gasteiger partial charge in [-0.15, -0.1) is 13.2 Å². The van der Waals surface area contributed by atoms with E-state index in [2.05, 4.69) is 26.1 Å². The van der Waals surface area contributed by atoms with Gasteiger partial charge in [0.05, 0.1) is 13.7 Å². The summed E-state index contributed by atoms with van der Waals surface area (Å²) in [6, 6.07) is 11.8. The number of para-hydroxylation sites is 1. The van der Waals surface area contributed by atoms with Gasteiger partial charge in [-0.3, -0.25) is 9.69 Å². The summed E-state index contributed by atoms with van der Waals surface area (Å²) in [4.78, 5) is 17.8. The first-order valence-electron chi connectivity index (χ1n) is 10.8. The number of alkyl halides is 3. The van der Waals surface area contributed by atoms with Crippen LogP contribution in [-0.2, 0) is 11.3 Å². The summed E-state index contributed by atoms with van der Waals surface area (Å²) in [7, 11) is 1.65. The molecule has 0 aliphatic carbocycles. The largest absolute Gasteiger partial charge is 0.573 e. The smallest absolute Gasteiger partial charge is 0.497 e. The Labute approximate surface area is 189 Å². The van der Waals surface area contributed by atoms with Crippen LogP contribution < -0.4 is 14.8 Å². The van der Waals surface area contributed by atoms with Crippen molar-refractivity contribution in [2.24, 2.45) is 0 Å². The van der Waals surface area contributed by atoms with Gasteiger partial charge in [0.25, 0.3) is 0 Å². The molecule has 1 fully saturated rings. The van der Waals surface area contributed by atoms with Crippen molar-refractivity contribution in [2.75, 3.05) is 26.7 Å². The van der Waals surface area contributed by atoms with Crippen molar-refractivity contribution in [3.05, 3.63) is 59.8 Å². The molecule has 1 saturated heterocycles. The third kappa shape index (κ3) is 5.78. The molecule has 0 spiro atoms. The van der Waals surface area contributed by atoms with E-state index < -0.39 is 6.36 Å². The number of halogens is 3. The fraction of sp³-hybridized carbons (Fsp3) is 0.375. The molecule has 3 aromatic rings. The van der Waals surface area contributed by atoms with Crippen molar-refractivity contribution in [1.29, 1.82) is 0 Å². The normalized spacial score (nSPS) is 15.5. The number of ether oxygens (including phenoxy) is 2. The topological polar surface area (TPSA) is 66.6 Å². The number of hydrogen-bond donors (Lipinski definition) is 2. The zero-order valence-corrected chi connectivity index (χ0v) is 18.2. The monoisotopic (exact) mass is 461 g/mol. The highest BCUT2D eigenvalue weighted by Crippen LogP contribution is 2.34. The van der Waals surface area contributed by atoms with Gasteiger partial charge in [-0.1, -0.05) is 18.2 Å². The molecule has 176 valence electrons. The van der Waals surface area contributed by atoms with Gasteiger partial charge in [0.15, 0.2) is 0 Å². The Balaban J connectivity index is 1.29. The molecule has 1 aliphatic heterocycles. The number of amides is 1. The molecule has 0 unspecified atom stereocenters. The molecule has 2 N–H and O–H groups in total. The predicted octanol–water partition coefficient (Wildman–Crippen LogP) is 4.57. The van der Waals surface area contributed by atoms with Crippen LogP contribution in [-0.4, -0.2) is 48.9 Å². The molecule has 0 saturated carbocycles. The summed E-state index contributed by atoms with van der Waals surface area (Å²) in [6.07, 6.45) is -0.891. The third-order valence-corrected chi connectivity index (χ3v) is 5.99. The summed E-state index contributed by atoms with van der Waals surface area (Å²) in [6.45, 7) is 1.71.